The number of benzene rings is 2. The van der Waals surface area contributed by atoms with E-state index in [-0.39, 0.29) is 17.4 Å². The van der Waals surface area contributed by atoms with Gasteiger partial charge in [-0.15, -0.1) is 5.10 Å². The fourth-order valence-electron chi connectivity index (χ4n) is 2.45. The van der Waals surface area contributed by atoms with Gasteiger partial charge in [0.1, 0.15) is 0 Å². The summed E-state index contributed by atoms with van der Waals surface area (Å²) in [5.74, 6) is 0.783. The summed E-state index contributed by atoms with van der Waals surface area (Å²) in [4.78, 5) is 28.4. The second kappa shape index (κ2) is 9.52. The molecule has 1 heterocycles. The number of hydrogen-bond donors (Lipinski definition) is 2. The Balaban J connectivity index is 1.55. The van der Waals surface area contributed by atoms with E-state index in [1.54, 1.807) is 36.4 Å². The highest BCUT2D eigenvalue weighted by Crippen LogP contribution is 2.22. The Kier molecular flexibility index (Phi) is 6.84. The van der Waals surface area contributed by atoms with Crippen LogP contribution in [0.25, 0.3) is 11.4 Å². The molecule has 0 aliphatic rings. The smallest absolute Gasteiger partial charge is 0.224 e. The second-order valence-corrected chi connectivity index (χ2v) is 7.44. The van der Waals surface area contributed by atoms with Crippen molar-refractivity contribution in [1.82, 2.24) is 15.2 Å². The van der Waals surface area contributed by atoms with Crippen LogP contribution in [0, 0.1) is 0 Å². The lowest BCUT2D eigenvalue weighted by atomic mass is 10.1. The van der Waals surface area contributed by atoms with Crippen molar-refractivity contribution in [3.8, 4) is 11.4 Å². The number of anilines is 1. The predicted molar refractivity (Wildman–Crippen MR) is 112 cm³/mol. The van der Waals surface area contributed by atoms with Gasteiger partial charge in [0.15, 0.2) is 11.6 Å². The number of amides is 1. The Labute approximate surface area is 172 Å². The highest BCUT2D eigenvalue weighted by molar-refractivity contribution is 7.99. The van der Waals surface area contributed by atoms with Crippen LogP contribution < -0.4 is 5.32 Å². The molecule has 1 amide bonds. The van der Waals surface area contributed by atoms with Gasteiger partial charge in [0, 0.05) is 28.3 Å². The van der Waals surface area contributed by atoms with Crippen LogP contribution in [0.3, 0.4) is 0 Å². The summed E-state index contributed by atoms with van der Waals surface area (Å²) >= 11 is 7.15. The van der Waals surface area contributed by atoms with Crippen LogP contribution in [-0.2, 0) is 4.79 Å². The average Bonchev–Trinajstić information content (AvgIpc) is 3.16. The molecule has 28 heavy (non-hydrogen) atoms. The quantitative estimate of drug-likeness (QED) is 0.406. The Hall–Kier alpha value is -2.64. The molecule has 0 spiro atoms. The van der Waals surface area contributed by atoms with Gasteiger partial charge in [-0.3, -0.25) is 14.7 Å². The van der Waals surface area contributed by atoms with Gasteiger partial charge >= 0.3 is 0 Å². The van der Waals surface area contributed by atoms with Crippen molar-refractivity contribution >= 4 is 40.7 Å². The van der Waals surface area contributed by atoms with Crippen molar-refractivity contribution in [2.75, 3.05) is 11.1 Å². The van der Waals surface area contributed by atoms with E-state index in [4.69, 9.17) is 11.6 Å². The first-order valence-electron chi connectivity index (χ1n) is 8.79. The minimum absolute atomic E-state index is 0.0294. The lowest BCUT2D eigenvalue weighted by molar-refractivity contribution is -0.116. The van der Waals surface area contributed by atoms with E-state index >= 15 is 0 Å². The molecule has 0 aliphatic carbocycles. The third-order valence-electron chi connectivity index (χ3n) is 3.88. The zero-order chi connectivity index (χ0) is 19.9. The Morgan fingerprint density at radius 2 is 1.82 bits per heavy atom. The number of ketones is 1. The number of carbonyl (C=O) groups excluding carboxylic acids is 2. The molecule has 1 aromatic heterocycles. The molecule has 144 valence electrons. The molecule has 0 fully saturated rings. The lowest BCUT2D eigenvalue weighted by Gasteiger charge is -2.05. The van der Waals surface area contributed by atoms with Crippen LogP contribution >= 0.6 is 23.4 Å². The van der Waals surface area contributed by atoms with Crippen molar-refractivity contribution in [1.29, 1.82) is 0 Å². The van der Waals surface area contributed by atoms with Crippen molar-refractivity contribution < 1.29 is 9.59 Å². The average molecular weight is 415 g/mol. The molecule has 6 nitrogen and oxygen atoms in total. The summed E-state index contributed by atoms with van der Waals surface area (Å²) in [6, 6.07) is 14.2. The van der Waals surface area contributed by atoms with Gasteiger partial charge in [-0.2, -0.15) is 0 Å². The van der Waals surface area contributed by atoms with Crippen molar-refractivity contribution in [2.45, 2.75) is 24.9 Å². The maximum atomic E-state index is 12.4. The molecule has 0 aliphatic heterocycles. The number of Topliss-reactive ketones (excluding diaryl/α,β-unsaturated/α-hetero) is 1. The van der Waals surface area contributed by atoms with Crippen molar-refractivity contribution in [3.05, 3.63) is 59.1 Å². The Bertz CT molecular complexity index is 955. The van der Waals surface area contributed by atoms with Crippen molar-refractivity contribution in [2.24, 2.45) is 0 Å². The number of aromatic amines is 1. The molecule has 0 bridgehead atoms. The Morgan fingerprint density at radius 3 is 2.50 bits per heavy atom. The summed E-state index contributed by atoms with van der Waals surface area (Å²) in [6.45, 7) is 1.95. The number of hydrogen-bond acceptors (Lipinski definition) is 5. The van der Waals surface area contributed by atoms with Crippen LogP contribution in [0.4, 0.5) is 5.69 Å². The number of halogens is 1. The second-order valence-electron chi connectivity index (χ2n) is 6.06. The number of thioether (sulfide) groups is 1. The number of H-pyrrole nitrogens is 1. The van der Waals surface area contributed by atoms with E-state index in [0.717, 1.165) is 12.0 Å². The van der Waals surface area contributed by atoms with E-state index in [1.165, 1.54) is 11.8 Å². The van der Waals surface area contributed by atoms with Gasteiger partial charge in [0.05, 0.1) is 5.75 Å². The van der Waals surface area contributed by atoms with E-state index in [9.17, 15) is 9.59 Å². The molecule has 2 N–H and O–H groups in total. The SMILES string of the molecule is CCCC(=O)Nc1ccc(C(=O)CSc2n[nH]c(-c3ccc(Cl)cc3)n2)cc1. The summed E-state index contributed by atoms with van der Waals surface area (Å²) in [7, 11) is 0. The standard InChI is InChI=1S/C20H19ClN4O2S/c1-2-3-18(27)22-16-10-6-13(7-11-16)17(26)12-28-20-23-19(24-25-20)14-4-8-15(21)9-5-14/h4-11H,2-3,12H2,1H3,(H,22,27)(H,23,24,25). The minimum atomic E-state index is -0.0331. The highest BCUT2D eigenvalue weighted by Gasteiger charge is 2.11. The van der Waals surface area contributed by atoms with Gasteiger partial charge in [-0.1, -0.05) is 30.3 Å². The fraction of sp³-hybridized carbons (Fsp3) is 0.200. The summed E-state index contributed by atoms with van der Waals surface area (Å²) in [6.07, 6.45) is 1.27. The normalized spacial score (nSPS) is 10.6. The van der Waals surface area contributed by atoms with E-state index in [0.29, 0.717) is 33.7 Å². The van der Waals surface area contributed by atoms with Crippen LogP contribution in [0.15, 0.2) is 53.7 Å². The number of rotatable bonds is 8. The molecule has 0 atom stereocenters. The highest BCUT2D eigenvalue weighted by atomic mass is 35.5. The van der Waals surface area contributed by atoms with Gasteiger partial charge in [0.25, 0.3) is 0 Å². The maximum Gasteiger partial charge on any atom is 0.224 e. The monoisotopic (exact) mass is 414 g/mol. The third kappa shape index (κ3) is 5.43. The summed E-state index contributed by atoms with van der Waals surface area (Å²) < 4.78 is 0. The molecule has 0 saturated carbocycles. The fourth-order valence-corrected chi connectivity index (χ4v) is 3.27. The van der Waals surface area contributed by atoms with E-state index < -0.39 is 0 Å². The summed E-state index contributed by atoms with van der Waals surface area (Å²) in [5.41, 5.74) is 2.13. The van der Waals surface area contributed by atoms with Crippen molar-refractivity contribution in [3.63, 3.8) is 0 Å². The summed E-state index contributed by atoms with van der Waals surface area (Å²) in [5, 5.41) is 11.0. The molecule has 0 unspecified atom stereocenters. The van der Waals surface area contributed by atoms with E-state index in [1.807, 2.05) is 19.1 Å². The molecule has 3 aromatic rings. The van der Waals surface area contributed by atoms with E-state index in [2.05, 4.69) is 20.5 Å². The molecule has 3 rings (SSSR count). The topological polar surface area (TPSA) is 87.7 Å². The first-order valence-corrected chi connectivity index (χ1v) is 10.2. The predicted octanol–water partition coefficient (Wildman–Crippen LogP) is 4.84. The van der Waals surface area contributed by atoms with Crippen LogP contribution in [-0.4, -0.2) is 32.6 Å². The van der Waals surface area contributed by atoms with Crippen LogP contribution in [0.2, 0.25) is 5.02 Å². The minimum Gasteiger partial charge on any atom is -0.326 e. The number of carbonyl (C=O) groups is 2. The molecule has 2 aromatic carbocycles. The number of nitrogens with one attached hydrogen (secondary N) is 2. The maximum absolute atomic E-state index is 12.4. The number of aromatic nitrogens is 3. The zero-order valence-corrected chi connectivity index (χ0v) is 16.8. The van der Waals surface area contributed by atoms with Gasteiger partial charge in [-0.05, 0) is 55.0 Å². The first-order chi connectivity index (χ1) is 13.5. The van der Waals surface area contributed by atoms with Gasteiger partial charge in [-0.25, -0.2) is 4.98 Å². The molecule has 8 heteroatoms. The lowest BCUT2D eigenvalue weighted by Crippen LogP contribution is -2.10. The largest absolute Gasteiger partial charge is 0.326 e. The first kappa shape index (κ1) is 20.1. The third-order valence-corrected chi connectivity index (χ3v) is 4.98. The number of nitrogens with zero attached hydrogens (tertiary/aromatic N) is 2. The molecular formula is C20H19ClN4O2S. The van der Waals surface area contributed by atoms with Gasteiger partial charge in [0.2, 0.25) is 11.1 Å². The zero-order valence-electron chi connectivity index (χ0n) is 15.2. The molecule has 0 saturated heterocycles. The molecule has 0 radical (unpaired) electrons. The molecular weight excluding hydrogens is 396 g/mol. The Morgan fingerprint density at radius 1 is 1.11 bits per heavy atom. The van der Waals surface area contributed by atoms with Gasteiger partial charge < -0.3 is 5.32 Å². The van der Waals surface area contributed by atoms with Crippen LogP contribution in [0.1, 0.15) is 30.1 Å². The van der Waals surface area contributed by atoms with Crippen LogP contribution in [0.5, 0.6) is 0 Å².